The standard InChI is InChI=1S/C17H16Cl2N2O4/c1-9-11(18)4-3-5-14(9)21-16(22)8-25-17(23)10-6-12(19)13(20)7-15(10)24-2/h3-7H,8,20H2,1-2H3,(H,21,22). The summed E-state index contributed by atoms with van der Waals surface area (Å²) in [4.78, 5) is 24.1. The third-order valence-electron chi connectivity index (χ3n) is 3.41. The third kappa shape index (κ3) is 4.55. The van der Waals surface area contributed by atoms with Gasteiger partial charge in [-0.25, -0.2) is 4.79 Å². The second-order valence-corrected chi connectivity index (χ2v) is 5.93. The van der Waals surface area contributed by atoms with Crippen LogP contribution < -0.4 is 15.8 Å². The summed E-state index contributed by atoms with van der Waals surface area (Å²) in [5, 5.41) is 3.34. The van der Waals surface area contributed by atoms with Gasteiger partial charge >= 0.3 is 5.97 Å². The minimum Gasteiger partial charge on any atom is -0.496 e. The summed E-state index contributed by atoms with van der Waals surface area (Å²) < 4.78 is 10.1. The van der Waals surface area contributed by atoms with Gasteiger partial charge in [-0.3, -0.25) is 4.79 Å². The van der Waals surface area contributed by atoms with E-state index in [4.69, 9.17) is 38.4 Å². The number of halogens is 2. The number of anilines is 2. The van der Waals surface area contributed by atoms with Gasteiger partial charge in [0, 0.05) is 16.8 Å². The monoisotopic (exact) mass is 382 g/mol. The molecule has 0 unspecified atom stereocenters. The highest BCUT2D eigenvalue weighted by Gasteiger charge is 2.18. The van der Waals surface area contributed by atoms with Crippen LogP contribution in [0.1, 0.15) is 15.9 Å². The van der Waals surface area contributed by atoms with Crippen LogP contribution in [0.25, 0.3) is 0 Å². The highest BCUT2D eigenvalue weighted by atomic mass is 35.5. The number of nitrogen functional groups attached to an aromatic ring is 1. The molecule has 2 rings (SSSR count). The fourth-order valence-electron chi connectivity index (χ4n) is 2.04. The number of hydrogen-bond donors (Lipinski definition) is 2. The predicted octanol–water partition coefficient (Wildman–Crippen LogP) is 3.69. The Kier molecular flexibility index (Phi) is 6.12. The van der Waals surface area contributed by atoms with Gasteiger partial charge in [0.1, 0.15) is 11.3 Å². The van der Waals surface area contributed by atoms with Gasteiger partial charge in [0.15, 0.2) is 6.61 Å². The number of nitrogens with two attached hydrogens (primary N) is 1. The number of hydrogen-bond acceptors (Lipinski definition) is 5. The molecule has 1 amide bonds. The highest BCUT2D eigenvalue weighted by molar-refractivity contribution is 6.33. The molecule has 0 aliphatic heterocycles. The van der Waals surface area contributed by atoms with Crippen molar-refractivity contribution in [3.05, 3.63) is 51.5 Å². The van der Waals surface area contributed by atoms with Crippen molar-refractivity contribution in [3.8, 4) is 5.75 Å². The first-order chi connectivity index (χ1) is 11.8. The van der Waals surface area contributed by atoms with Crippen molar-refractivity contribution in [3.63, 3.8) is 0 Å². The van der Waals surface area contributed by atoms with Crippen LogP contribution in [0.5, 0.6) is 5.75 Å². The van der Waals surface area contributed by atoms with Gasteiger partial charge < -0.3 is 20.5 Å². The Balaban J connectivity index is 2.04. The molecule has 0 fully saturated rings. The summed E-state index contributed by atoms with van der Waals surface area (Å²) in [6.07, 6.45) is 0. The van der Waals surface area contributed by atoms with E-state index in [9.17, 15) is 9.59 Å². The van der Waals surface area contributed by atoms with E-state index in [-0.39, 0.29) is 22.0 Å². The van der Waals surface area contributed by atoms with Crippen LogP contribution in [0.2, 0.25) is 10.0 Å². The first-order valence-corrected chi connectivity index (χ1v) is 7.94. The quantitative estimate of drug-likeness (QED) is 0.607. The zero-order valence-corrected chi connectivity index (χ0v) is 15.1. The fraction of sp³-hybridized carbons (Fsp3) is 0.176. The Hall–Kier alpha value is -2.44. The van der Waals surface area contributed by atoms with Gasteiger partial charge in [0.2, 0.25) is 0 Å². The van der Waals surface area contributed by atoms with Crippen LogP contribution in [0.3, 0.4) is 0 Å². The smallest absolute Gasteiger partial charge is 0.342 e. The number of benzene rings is 2. The van der Waals surface area contributed by atoms with E-state index in [2.05, 4.69) is 5.32 Å². The van der Waals surface area contributed by atoms with Crippen LogP contribution in [-0.2, 0) is 9.53 Å². The molecule has 0 spiro atoms. The molecule has 0 bridgehead atoms. The molecule has 0 aromatic heterocycles. The Morgan fingerprint density at radius 2 is 1.92 bits per heavy atom. The van der Waals surface area contributed by atoms with Crippen molar-refractivity contribution in [2.45, 2.75) is 6.92 Å². The van der Waals surface area contributed by atoms with E-state index in [0.717, 1.165) is 5.56 Å². The number of methoxy groups -OCH3 is 1. The predicted molar refractivity (Wildman–Crippen MR) is 97.5 cm³/mol. The normalized spacial score (nSPS) is 10.2. The molecule has 0 atom stereocenters. The lowest BCUT2D eigenvalue weighted by molar-refractivity contribution is -0.119. The summed E-state index contributed by atoms with van der Waals surface area (Å²) in [5.41, 5.74) is 7.27. The molecule has 3 N–H and O–H groups in total. The van der Waals surface area contributed by atoms with Gasteiger partial charge in [-0.15, -0.1) is 0 Å². The number of rotatable bonds is 5. The van der Waals surface area contributed by atoms with Crippen LogP contribution in [-0.4, -0.2) is 25.6 Å². The number of carbonyl (C=O) groups excluding carboxylic acids is 2. The average Bonchev–Trinajstić information content (AvgIpc) is 2.58. The minimum absolute atomic E-state index is 0.0773. The van der Waals surface area contributed by atoms with E-state index in [1.54, 1.807) is 25.1 Å². The molecule has 132 valence electrons. The Bertz CT molecular complexity index is 825. The Morgan fingerprint density at radius 1 is 1.20 bits per heavy atom. The van der Waals surface area contributed by atoms with E-state index in [1.807, 2.05) is 0 Å². The SMILES string of the molecule is COc1cc(N)c(Cl)cc1C(=O)OCC(=O)Nc1cccc(Cl)c1C. The fourth-order valence-corrected chi connectivity index (χ4v) is 2.37. The van der Waals surface area contributed by atoms with Gasteiger partial charge in [0.05, 0.1) is 17.8 Å². The zero-order chi connectivity index (χ0) is 18.6. The van der Waals surface area contributed by atoms with Crippen LogP contribution in [0.4, 0.5) is 11.4 Å². The van der Waals surface area contributed by atoms with Crippen molar-refractivity contribution < 1.29 is 19.1 Å². The van der Waals surface area contributed by atoms with E-state index >= 15 is 0 Å². The number of nitrogens with one attached hydrogen (secondary N) is 1. The average molecular weight is 383 g/mol. The third-order valence-corrected chi connectivity index (χ3v) is 4.15. The molecule has 0 aliphatic rings. The van der Waals surface area contributed by atoms with Crippen LogP contribution in [0, 0.1) is 6.92 Å². The summed E-state index contributed by atoms with van der Waals surface area (Å²) in [7, 11) is 1.38. The minimum atomic E-state index is -0.753. The van der Waals surface area contributed by atoms with Gasteiger partial charge in [-0.05, 0) is 30.7 Å². The van der Waals surface area contributed by atoms with Gasteiger partial charge in [-0.1, -0.05) is 29.3 Å². The maximum Gasteiger partial charge on any atom is 0.342 e. The maximum atomic E-state index is 12.2. The lowest BCUT2D eigenvalue weighted by atomic mass is 10.2. The van der Waals surface area contributed by atoms with E-state index < -0.39 is 18.5 Å². The molecule has 0 heterocycles. The summed E-state index contributed by atoms with van der Waals surface area (Å²) in [6, 6.07) is 7.86. The molecular formula is C17H16Cl2N2O4. The Labute approximate surface area is 154 Å². The summed E-state index contributed by atoms with van der Waals surface area (Å²) in [5.74, 6) is -1.05. The van der Waals surface area contributed by atoms with Crippen molar-refractivity contribution in [1.82, 2.24) is 0 Å². The van der Waals surface area contributed by atoms with Crippen LogP contribution in [0.15, 0.2) is 30.3 Å². The molecule has 0 saturated heterocycles. The molecule has 25 heavy (non-hydrogen) atoms. The molecule has 2 aromatic carbocycles. The first-order valence-electron chi connectivity index (χ1n) is 7.18. The van der Waals surface area contributed by atoms with E-state index in [0.29, 0.717) is 10.7 Å². The first kappa shape index (κ1) is 18.9. The van der Waals surface area contributed by atoms with Gasteiger partial charge in [-0.2, -0.15) is 0 Å². The molecule has 2 aromatic rings. The van der Waals surface area contributed by atoms with Crippen LogP contribution >= 0.6 is 23.2 Å². The van der Waals surface area contributed by atoms with Crippen molar-refractivity contribution in [2.24, 2.45) is 0 Å². The van der Waals surface area contributed by atoms with E-state index in [1.165, 1.54) is 19.2 Å². The van der Waals surface area contributed by atoms with Crippen molar-refractivity contribution in [2.75, 3.05) is 24.8 Å². The molecule has 0 radical (unpaired) electrons. The summed E-state index contributed by atoms with van der Waals surface area (Å²) in [6.45, 7) is 1.29. The highest BCUT2D eigenvalue weighted by Crippen LogP contribution is 2.29. The molecule has 8 heteroatoms. The molecule has 0 saturated carbocycles. The Morgan fingerprint density at radius 3 is 2.60 bits per heavy atom. The number of amides is 1. The zero-order valence-electron chi connectivity index (χ0n) is 13.6. The lowest BCUT2D eigenvalue weighted by Gasteiger charge is -2.12. The lowest BCUT2D eigenvalue weighted by Crippen LogP contribution is -2.21. The molecule has 6 nitrogen and oxygen atoms in total. The second-order valence-electron chi connectivity index (χ2n) is 5.11. The second kappa shape index (κ2) is 8.09. The maximum absolute atomic E-state index is 12.2. The molecular weight excluding hydrogens is 367 g/mol. The largest absolute Gasteiger partial charge is 0.496 e. The number of ether oxygens (including phenoxy) is 2. The van der Waals surface area contributed by atoms with Gasteiger partial charge in [0.25, 0.3) is 5.91 Å². The van der Waals surface area contributed by atoms with Crippen molar-refractivity contribution in [1.29, 1.82) is 0 Å². The number of esters is 1. The van der Waals surface area contributed by atoms with Crippen molar-refractivity contribution >= 4 is 46.5 Å². The topological polar surface area (TPSA) is 90.7 Å². The molecule has 0 aliphatic carbocycles. The number of carbonyl (C=O) groups is 2. The summed E-state index contributed by atoms with van der Waals surface area (Å²) >= 11 is 11.9.